The summed E-state index contributed by atoms with van der Waals surface area (Å²) in [5.74, 6) is 1.96. The lowest BCUT2D eigenvalue weighted by Crippen LogP contribution is -2.30. The van der Waals surface area contributed by atoms with Crippen LogP contribution in [0, 0.1) is 11.3 Å². The lowest BCUT2D eigenvalue weighted by molar-refractivity contribution is 0.355. The van der Waals surface area contributed by atoms with E-state index in [4.69, 9.17) is 14.7 Å². The van der Waals surface area contributed by atoms with Crippen molar-refractivity contribution in [1.29, 1.82) is 5.26 Å². The second-order valence-corrected chi connectivity index (χ2v) is 5.20. The van der Waals surface area contributed by atoms with E-state index in [2.05, 4.69) is 21.7 Å². The molecule has 0 saturated heterocycles. The lowest BCUT2D eigenvalue weighted by Gasteiger charge is -2.14. The summed E-state index contributed by atoms with van der Waals surface area (Å²) in [7, 11) is 3.20. The molecule has 0 aliphatic rings. The Hall–Kier alpha value is -2.47. The highest BCUT2D eigenvalue weighted by atomic mass is 127. The third-order valence-electron chi connectivity index (χ3n) is 3.47. The smallest absolute Gasteiger partial charge is 0.196 e. The molecule has 2 aromatic rings. The number of methoxy groups -OCH3 is 2. The Bertz CT molecular complexity index is 787. The number of ether oxygens (including phenoxy) is 2. The van der Waals surface area contributed by atoms with Gasteiger partial charge in [0.15, 0.2) is 17.5 Å². The van der Waals surface area contributed by atoms with Gasteiger partial charge in [-0.05, 0) is 36.8 Å². The molecule has 138 valence electrons. The second kappa shape index (κ2) is 11.2. The molecule has 0 bridgehead atoms. The van der Waals surface area contributed by atoms with Crippen LogP contribution in [0.25, 0.3) is 0 Å². The molecule has 26 heavy (non-hydrogen) atoms. The number of nitriles is 1. The minimum Gasteiger partial charge on any atom is -0.493 e. The SMILES string of the molecule is CCNC(=NCc1cccc(C#N)c1)Nc1ccc(OC)c(OC)c1.I. The normalized spacial score (nSPS) is 10.3. The molecule has 0 unspecified atom stereocenters. The molecule has 0 atom stereocenters. The molecule has 0 aromatic heterocycles. The number of hydrogen-bond donors (Lipinski definition) is 2. The Kier molecular flexibility index (Phi) is 9.30. The Balaban J connectivity index is 0.00000338. The number of rotatable bonds is 6. The van der Waals surface area contributed by atoms with Gasteiger partial charge in [-0.1, -0.05) is 12.1 Å². The predicted molar refractivity (Wildman–Crippen MR) is 115 cm³/mol. The number of halogens is 1. The minimum absolute atomic E-state index is 0. The van der Waals surface area contributed by atoms with Crippen LogP contribution in [-0.2, 0) is 6.54 Å². The van der Waals surface area contributed by atoms with Crippen LogP contribution in [0.3, 0.4) is 0 Å². The summed E-state index contributed by atoms with van der Waals surface area (Å²) in [4.78, 5) is 4.57. The molecular formula is C19H23IN4O2. The number of anilines is 1. The molecule has 0 aliphatic heterocycles. The topological polar surface area (TPSA) is 78.7 Å². The van der Waals surface area contributed by atoms with Gasteiger partial charge in [-0.2, -0.15) is 5.26 Å². The van der Waals surface area contributed by atoms with E-state index >= 15 is 0 Å². The van der Waals surface area contributed by atoms with Crippen molar-refractivity contribution in [2.24, 2.45) is 4.99 Å². The zero-order chi connectivity index (χ0) is 18.1. The second-order valence-electron chi connectivity index (χ2n) is 5.20. The number of nitrogens with one attached hydrogen (secondary N) is 2. The van der Waals surface area contributed by atoms with Crippen LogP contribution in [0.5, 0.6) is 11.5 Å². The average Bonchev–Trinajstić information content (AvgIpc) is 2.66. The van der Waals surface area contributed by atoms with Gasteiger partial charge in [-0.15, -0.1) is 24.0 Å². The molecule has 2 aromatic carbocycles. The maximum atomic E-state index is 8.98. The predicted octanol–water partition coefficient (Wildman–Crippen LogP) is 3.77. The van der Waals surface area contributed by atoms with Crippen molar-refractivity contribution in [2.75, 3.05) is 26.1 Å². The van der Waals surface area contributed by atoms with Crippen LogP contribution >= 0.6 is 24.0 Å². The average molecular weight is 466 g/mol. The Morgan fingerprint density at radius 3 is 2.54 bits per heavy atom. The fourth-order valence-electron chi connectivity index (χ4n) is 2.27. The Morgan fingerprint density at radius 2 is 1.88 bits per heavy atom. The van der Waals surface area contributed by atoms with Crippen LogP contribution in [-0.4, -0.2) is 26.7 Å². The third-order valence-corrected chi connectivity index (χ3v) is 3.47. The van der Waals surface area contributed by atoms with E-state index < -0.39 is 0 Å². The third kappa shape index (κ3) is 6.11. The van der Waals surface area contributed by atoms with Gasteiger partial charge in [0.25, 0.3) is 0 Å². The first kappa shape index (κ1) is 21.6. The molecule has 0 spiro atoms. The summed E-state index contributed by atoms with van der Waals surface area (Å²) in [5.41, 5.74) is 2.44. The quantitative estimate of drug-likeness (QED) is 0.385. The molecule has 2 rings (SSSR count). The molecule has 0 fully saturated rings. The molecule has 6 nitrogen and oxygen atoms in total. The van der Waals surface area contributed by atoms with E-state index in [0.717, 1.165) is 17.8 Å². The van der Waals surface area contributed by atoms with Crippen LogP contribution in [0.15, 0.2) is 47.5 Å². The number of benzene rings is 2. The summed E-state index contributed by atoms with van der Waals surface area (Å²) < 4.78 is 10.6. The summed E-state index contributed by atoms with van der Waals surface area (Å²) in [6, 6.07) is 15.1. The highest BCUT2D eigenvalue weighted by molar-refractivity contribution is 14.0. The zero-order valence-corrected chi connectivity index (χ0v) is 17.4. The van der Waals surface area contributed by atoms with Crippen LogP contribution in [0.2, 0.25) is 0 Å². The van der Waals surface area contributed by atoms with Crippen molar-refractivity contribution >= 4 is 35.6 Å². The maximum Gasteiger partial charge on any atom is 0.196 e. The Morgan fingerprint density at radius 1 is 1.12 bits per heavy atom. The van der Waals surface area contributed by atoms with Crippen molar-refractivity contribution in [3.05, 3.63) is 53.6 Å². The van der Waals surface area contributed by atoms with E-state index in [1.807, 2.05) is 43.3 Å². The van der Waals surface area contributed by atoms with Gasteiger partial charge >= 0.3 is 0 Å². The van der Waals surface area contributed by atoms with Crippen LogP contribution < -0.4 is 20.1 Å². The number of hydrogen-bond acceptors (Lipinski definition) is 4. The molecule has 0 saturated carbocycles. The van der Waals surface area contributed by atoms with E-state index in [1.165, 1.54) is 0 Å². The van der Waals surface area contributed by atoms with Gasteiger partial charge in [0.2, 0.25) is 0 Å². The van der Waals surface area contributed by atoms with E-state index in [-0.39, 0.29) is 24.0 Å². The van der Waals surface area contributed by atoms with Crippen molar-refractivity contribution in [3.63, 3.8) is 0 Å². The largest absolute Gasteiger partial charge is 0.493 e. The highest BCUT2D eigenvalue weighted by Gasteiger charge is 2.06. The fourth-order valence-corrected chi connectivity index (χ4v) is 2.27. The van der Waals surface area contributed by atoms with Gasteiger partial charge in [0.05, 0.1) is 32.4 Å². The van der Waals surface area contributed by atoms with Gasteiger partial charge < -0.3 is 20.1 Å². The van der Waals surface area contributed by atoms with E-state index in [9.17, 15) is 0 Å². The zero-order valence-electron chi connectivity index (χ0n) is 15.1. The summed E-state index contributed by atoms with van der Waals surface area (Å²) >= 11 is 0. The number of aliphatic imine (C=N–C) groups is 1. The Labute approximate surface area is 171 Å². The van der Waals surface area contributed by atoms with Gasteiger partial charge in [0, 0.05) is 18.3 Å². The van der Waals surface area contributed by atoms with Gasteiger partial charge in [-0.3, -0.25) is 0 Å². The maximum absolute atomic E-state index is 8.98. The first-order valence-electron chi connectivity index (χ1n) is 7.96. The standard InChI is InChI=1S/C19H22N4O2.HI/c1-4-21-19(22-13-15-7-5-6-14(10-15)12-20)23-16-8-9-17(24-2)18(11-16)25-3;/h5-11H,4,13H2,1-3H3,(H2,21,22,23);1H. The molecule has 0 radical (unpaired) electrons. The molecule has 2 N–H and O–H groups in total. The van der Waals surface area contributed by atoms with Gasteiger partial charge in [-0.25, -0.2) is 4.99 Å². The molecule has 0 aliphatic carbocycles. The summed E-state index contributed by atoms with van der Waals surface area (Å²) in [5, 5.41) is 15.4. The van der Waals surface area contributed by atoms with E-state index in [0.29, 0.717) is 29.6 Å². The summed E-state index contributed by atoms with van der Waals surface area (Å²) in [6.45, 7) is 3.21. The van der Waals surface area contributed by atoms with E-state index in [1.54, 1.807) is 20.3 Å². The van der Waals surface area contributed by atoms with Crippen molar-refractivity contribution in [1.82, 2.24) is 5.32 Å². The van der Waals surface area contributed by atoms with Crippen molar-refractivity contribution in [2.45, 2.75) is 13.5 Å². The minimum atomic E-state index is 0. The first-order valence-corrected chi connectivity index (χ1v) is 7.96. The number of nitrogens with zero attached hydrogens (tertiary/aromatic N) is 2. The lowest BCUT2D eigenvalue weighted by atomic mass is 10.1. The van der Waals surface area contributed by atoms with Crippen molar-refractivity contribution in [3.8, 4) is 17.6 Å². The number of guanidine groups is 1. The molecular weight excluding hydrogens is 443 g/mol. The van der Waals surface area contributed by atoms with Gasteiger partial charge in [0.1, 0.15) is 0 Å². The highest BCUT2D eigenvalue weighted by Crippen LogP contribution is 2.29. The van der Waals surface area contributed by atoms with Crippen LogP contribution in [0.1, 0.15) is 18.1 Å². The summed E-state index contributed by atoms with van der Waals surface area (Å²) in [6.07, 6.45) is 0. The van der Waals surface area contributed by atoms with Crippen molar-refractivity contribution < 1.29 is 9.47 Å². The monoisotopic (exact) mass is 466 g/mol. The molecule has 0 amide bonds. The van der Waals surface area contributed by atoms with Crippen LogP contribution in [0.4, 0.5) is 5.69 Å². The first-order chi connectivity index (χ1) is 12.2. The molecule has 0 heterocycles. The fraction of sp³-hybridized carbons (Fsp3) is 0.263. The molecule has 7 heteroatoms.